The molecule has 0 aromatic heterocycles. The van der Waals surface area contributed by atoms with Crippen LogP contribution in [-0.4, -0.2) is 24.9 Å². The summed E-state index contributed by atoms with van der Waals surface area (Å²) in [6.45, 7) is 2.66. The Labute approximate surface area is 62.2 Å². The van der Waals surface area contributed by atoms with Gasteiger partial charge in [-0.1, -0.05) is 0 Å². The molecule has 2 nitrogen and oxygen atoms in total. The Morgan fingerprint density at radius 1 is 1.64 bits per heavy atom. The summed E-state index contributed by atoms with van der Waals surface area (Å²) in [4.78, 5) is 1.47. The molecule has 0 unspecified atom stereocenters. The van der Waals surface area contributed by atoms with Crippen molar-refractivity contribution in [2.24, 2.45) is 0 Å². The van der Waals surface area contributed by atoms with Crippen LogP contribution in [0, 0.1) is 6.54 Å². The van der Waals surface area contributed by atoms with Gasteiger partial charge in [-0.2, -0.15) is 0 Å². The van der Waals surface area contributed by atoms with Gasteiger partial charge in [0.05, 0.1) is 13.1 Å². The van der Waals surface area contributed by atoms with Gasteiger partial charge in [0, 0.05) is 0 Å². The van der Waals surface area contributed by atoms with Crippen molar-refractivity contribution in [2.75, 3.05) is 13.6 Å². The lowest BCUT2D eigenvalue weighted by Crippen LogP contribution is -2.17. The van der Waals surface area contributed by atoms with Gasteiger partial charge in [-0.05, 0) is 13.1 Å². The van der Waals surface area contributed by atoms with Gasteiger partial charge >= 0.3 is 6.36 Å². The molecule has 0 N–H and O–H groups in total. The van der Waals surface area contributed by atoms with E-state index in [4.69, 9.17) is 0 Å². The van der Waals surface area contributed by atoms with Gasteiger partial charge in [0.25, 0.3) is 0 Å². The molecule has 0 bridgehead atoms. The standard InChI is InChI=1S/C6H6F3NO/c1-10-3-2-5(4-10)11-6(7,8)9/h2H,4H2,1H3. The first-order valence-electron chi connectivity index (χ1n) is 2.89. The second kappa shape index (κ2) is 2.73. The highest BCUT2D eigenvalue weighted by molar-refractivity contribution is 5.10. The summed E-state index contributed by atoms with van der Waals surface area (Å²) in [5.74, 6) is -0.125. The molecular weight excluding hydrogens is 159 g/mol. The molecule has 1 aliphatic heterocycles. The average Bonchev–Trinajstić information content (AvgIpc) is 2.10. The smallest absolute Gasteiger partial charge is 0.409 e. The first-order valence-corrected chi connectivity index (χ1v) is 2.89. The van der Waals surface area contributed by atoms with Crippen LogP contribution in [0.2, 0.25) is 0 Å². The lowest BCUT2D eigenvalue weighted by molar-refractivity contribution is -0.305. The first-order chi connectivity index (χ1) is 4.97. The third-order valence-electron chi connectivity index (χ3n) is 1.09. The molecule has 0 spiro atoms. The minimum atomic E-state index is -4.58. The number of nitrogens with zero attached hydrogens (tertiary/aromatic N) is 1. The predicted molar refractivity (Wildman–Crippen MR) is 31.1 cm³/mol. The van der Waals surface area contributed by atoms with Crippen LogP contribution in [0.25, 0.3) is 0 Å². The summed E-state index contributed by atoms with van der Waals surface area (Å²) in [7, 11) is 1.61. The summed E-state index contributed by atoms with van der Waals surface area (Å²) in [6, 6.07) is 0. The topological polar surface area (TPSA) is 12.5 Å². The fourth-order valence-electron chi connectivity index (χ4n) is 0.718. The molecule has 0 atom stereocenters. The van der Waals surface area contributed by atoms with Crippen molar-refractivity contribution < 1.29 is 17.9 Å². The van der Waals surface area contributed by atoms with Gasteiger partial charge in [-0.15, -0.1) is 13.2 Å². The molecule has 0 aromatic rings. The molecular formula is C6H6F3NO. The van der Waals surface area contributed by atoms with Crippen LogP contribution in [0.3, 0.4) is 0 Å². The Balaban J connectivity index is 2.40. The maximum atomic E-state index is 11.5. The fraction of sp³-hybridized carbons (Fsp3) is 0.500. The lowest BCUT2D eigenvalue weighted by Gasteiger charge is -2.10. The summed E-state index contributed by atoms with van der Waals surface area (Å²) in [6.07, 6.45) is -3.41. The molecule has 1 heterocycles. The quantitative estimate of drug-likeness (QED) is 0.582. The largest absolute Gasteiger partial charge is 0.572 e. The average molecular weight is 165 g/mol. The highest BCUT2D eigenvalue weighted by Crippen LogP contribution is 2.23. The van der Waals surface area contributed by atoms with Crippen molar-refractivity contribution in [2.45, 2.75) is 6.36 Å². The lowest BCUT2D eigenvalue weighted by atomic mass is 10.5. The maximum Gasteiger partial charge on any atom is 0.572 e. The van der Waals surface area contributed by atoms with Crippen molar-refractivity contribution in [3.63, 3.8) is 0 Å². The molecule has 2 radical (unpaired) electrons. The van der Waals surface area contributed by atoms with E-state index in [0.717, 1.165) is 0 Å². The van der Waals surface area contributed by atoms with E-state index in [9.17, 15) is 13.2 Å². The number of halogens is 3. The minimum absolute atomic E-state index is 0.125. The third kappa shape index (κ3) is 2.80. The molecule has 0 saturated heterocycles. The predicted octanol–water partition coefficient (Wildman–Crippen LogP) is 1.39. The summed E-state index contributed by atoms with van der Waals surface area (Å²) < 4.78 is 38.2. The zero-order valence-corrected chi connectivity index (χ0v) is 5.77. The van der Waals surface area contributed by atoms with E-state index in [2.05, 4.69) is 11.3 Å². The fourth-order valence-corrected chi connectivity index (χ4v) is 0.718. The molecule has 62 valence electrons. The van der Waals surface area contributed by atoms with Crippen LogP contribution in [0.5, 0.6) is 0 Å². The number of likely N-dealkylation sites (N-methyl/N-ethyl adjacent to an activating group) is 1. The maximum absolute atomic E-state index is 11.5. The molecule has 0 aliphatic carbocycles. The van der Waals surface area contributed by atoms with Crippen molar-refractivity contribution in [3.05, 3.63) is 18.4 Å². The zero-order valence-electron chi connectivity index (χ0n) is 5.77. The number of alkyl halides is 3. The van der Waals surface area contributed by atoms with Crippen molar-refractivity contribution in [3.8, 4) is 0 Å². The third-order valence-corrected chi connectivity index (χ3v) is 1.09. The molecule has 1 rings (SSSR count). The van der Waals surface area contributed by atoms with Gasteiger partial charge in [-0.3, -0.25) is 4.90 Å². The molecule has 0 fully saturated rings. The van der Waals surface area contributed by atoms with Gasteiger partial charge < -0.3 is 4.74 Å². The summed E-state index contributed by atoms with van der Waals surface area (Å²) in [5, 5.41) is 0. The van der Waals surface area contributed by atoms with Crippen molar-refractivity contribution in [1.29, 1.82) is 0 Å². The monoisotopic (exact) mass is 165 g/mol. The Morgan fingerprint density at radius 3 is 2.64 bits per heavy atom. The van der Waals surface area contributed by atoms with Crippen LogP contribution in [0.4, 0.5) is 13.2 Å². The zero-order chi connectivity index (χ0) is 8.48. The second-order valence-electron chi connectivity index (χ2n) is 2.14. The van der Waals surface area contributed by atoms with Crippen molar-refractivity contribution >= 4 is 0 Å². The van der Waals surface area contributed by atoms with E-state index in [-0.39, 0.29) is 12.3 Å². The molecule has 0 aromatic carbocycles. The Bertz CT molecular complexity index is 175. The SMILES string of the molecule is CN1[C]C=C(OC(F)(F)F)C1. The second-order valence-corrected chi connectivity index (χ2v) is 2.14. The van der Waals surface area contributed by atoms with E-state index in [1.54, 1.807) is 7.05 Å². The number of hydrogen-bond acceptors (Lipinski definition) is 2. The summed E-state index contributed by atoms with van der Waals surface area (Å²) >= 11 is 0. The Hall–Kier alpha value is -0.710. The van der Waals surface area contributed by atoms with Gasteiger partial charge in [0.1, 0.15) is 5.76 Å². The van der Waals surface area contributed by atoms with Crippen LogP contribution in [0.15, 0.2) is 11.8 Å². The Morgan fingerprint density at radius 2 is 2.27 bits per heavy atom. The number of ether oxygens (including phenoxy) is 1. The van der Waals surface area contributed by atoms with E-state index in [1.807, 2.05) is 0 Å². The van der Waals surface area contributed by atoms with Crippen LogP contribution >= 0.6 is 0 Å². The van der Waals surface area contributed by atoms with Crippen LogP contribution in [0.1, 0.15) is 0 Å². The van der Waals surface area contributed by atoms with Gasteiger partial charge in [-0.25, -0.2) is 0 Å². The first kappa shape index (κ1) is 8.39. The molecule has 1 aliphatic rings. The van der Waals surface area contributed by atoms with Crippen LogP contribution < -0.4 is 0 Å². The molecule has 0 amide bonds. The van der Waals surface area contributed by atoms with E-state index in [0.29, 0.717) is 0 Å². The highest BCUT2D eigenvalue weighted by Gasteiger charge is 2.33. The van der Waals surface area contributed by atoms with E-state index < -0.39 is 6.36 Å². The summed E-state index contributed by atoms with van der Waals surface area (Å²) in [5.41, 5.74) is 0. The molecule has 11 heavy (non-hydrogen) atoms. The highest BCUT2D eigenvalue weighted by atomic mass is 19.4. The van der Waals surface area contributed by atoms with Crippen molar-refractivity contribution in [1.82, 2.24) is 4.90 Å². The van der Waals surface area contributed by atoms with Gasteiger partial charge in [0.2, 0.25) is 0 Å². The number of hydrogen-bond donors (Lipinski definition) is 0. The van der Waals surface area contributed by atoms with E-state index in [1.165, 1.54) is 11.0 Å². The van der Waals surface area contributed by atoms with Gasteiger partial charge in [0.15, 0.2) is 0 Å². The minimum Gasteiger partial charge on any atom is -0.409 e. The molecule has 5 heteroatoms. The normalized spacial score (nSPS) is 20.2. The van der Waals surface area contributed by atoms with E-state index >= 15 is 0 Å². The Kier molecular flexibility index (Phi) is 2.08. The number of rotatable bonds is 1. The van der Waals surface area contributed by atoms with Crippen LogP contribution in [-0.2, 0) is 4.74 Å². The molecule has 0 saturated carbocycles.